The standard InChI is InChI=1S/C20H24N2O/c1-20(2,3)16-10-14(12-17-6-4-8-21-17)19(23)15(11-16)13-18-7-5-9-22-18/h4-9,12-13,16,21-22H,10-11H2,1-3H3/b14-12-,15-13+. The van der Waals surface area contributed by atoms with Crippen molar-refractivity contribution in [3.63, 3.8) is 0 Å². The van der Waals surface area contributed by atoms with Gasteiger partial charge in [-0.3, -0.25) is 4.79 Å². The van der Waals surface area contributed by atoms with Crippen LogP contribution in [-0.2, 0) is 4.79 Å². The van der Waals surface area contributed by atoms with E-state index in [2.05, 4.69) is 30.7 Å². The van der Waals surface area contributed by atoms with Crippen molar-refractivity contribution < 1.29 is 4.79 Å². The monoisotopic (exact) mass is 308 g/mol. The third-order valence-electron chi connectivity index (χ3n) is 4.64. The van der Waals surface area contributed by atoms with Gasteiger partial charge < -0.3 is 9.97 Å². The molecule has 1 saturated carbocycles. The SMILES string of the molecule is CC(C)(C)C1C/C(=C/c2ccc[nH]2)C(=O)/C(=C/c2ccc[nH]2)C1. The van der Waals surface area contributed by atoms with E-state index in [1.54, 1.807) is 0 Å². The Bertz CT molecular complexity index is 669. The molecule has 0 aromatic carbocycles. The Labute approximate surface area is 137 Å². The summed E-state index contributed by atoms with van der Waals surface area (Å²) in [6, 6.07) is 7.90. The second-order valence-electron chi connectivity index (χ2n) is 7.39. The van der Waals surface area contributed by atoms with Crippen molar-refractivity contribution in [2.75, 3.05) is 0 Å². The van der Waals surface area contributed by atoms with Crippen molar-refractivity contribution in [3.8, 4) is 0 Å². The summed E-state index contributed by atoms with van der Waals surface area (Å²) in [5.41, 5.74) is 3.95. The van der Waals surface area contributed by atoms with Crippen LogP contribution in [-0.4, -0.2) is 15.8 Å². The molecule has 1 unspecified atom stereocenters. The molecule has 3 nitrogen and oxygen atoms in total. The first-order valence-corrected chi connectivity index (χ1v) is 8.16. The summed E-state index contributed by atoms with van der Waals surface area (Å²) >= 11 is 0. The maximum absolute atomic E-state index is 12.9. The molecular formula is C20H24N2O. The zero-order chi connectivity index (χ0) is 16.4. The van der Waals surface area contributed by atoms with E-state index in [0.29, 0.717) is 5.92 Å². The number of Topliss-reactive ketones (excluding diaryl/α,β-unsaturated/α-hetero) is 1. The molecule has 120 valence electrons. The van der Waals surface area contributed by atoms with Gasteiger partial charge in [0.2, 0.25) is 0 Å². The number of rotatable bonds is 2. The molecule has 0 amide bonds. The van der Waals surface area contributed by atoms with Crippen LogP contribution in [0.15, 0.2) is 47.8 Å². The largest absolute Gasteiger partial charge is 0.362 e. The van der Waals surface area contributed by atoms with Crippen LogP contribution in [0.1, 0.15) is 45.0 Å². The van der Waals surface area contributed by atoms with E-state index in [0.717, 1.165) is 35.4 Å². The highest BCUT2D eigenvalue weighted by Crippen LogP contribution is 2.41. The lowest BCUT2D eigenvalue weighted by Gasteiger charge is -2.35. The number of carbonyl (C=O) groups is 1. The number of H-pyrrole nitrogens is 2. The van der Waals surface area contributed by atoms with Gasteiger partial charge in [-0.05, 0) is 60.6 Å². The Kier molecular flexibility index (Phi) is 4.12. The summed E-state index contributed by atoms with van der Waals surface area (Å²) in [5.74, 6) is 0.636. The normalized spacial score (nSPS) is 22.9. The number of allylic oxidation sites excluding steroid dienone is 2. The minimum atomic E-state index is 0.171. The van der Waals surface area contributed by atoms with E-state index in [4.69, 9.17) is 0 Å². The minimum Gasteiger partial charge on any atom is -0.362 e. The summed E-state index contributed by atoms with van der Waals surface area (Å²) in [6.07, 6.45) is 9.45. The zero-order valence-corrected chi connectivity index (χ0v) is 14.0. The highest BCUT2D eigenvalue weighted by atomic mass is 16.1. The fourth-order valence-corrected chi connectivity index (χ4v) is 3.10. The maximum atomic E-state index is 12.9. The number of nitrogens with one attached hydrogen (secondary N) is 2. The number of aromatic amines is 2. The molecule has 0 spiro atoms. The molecular weight excluding hydrogens is 284 g/mol. The van der Waals surface area contributed by atoms with Crippen molar-refractivity contribution in [2.24, 2.45) is 11.3 Å². The lowest BCUT2D eigenvalue weighted by atomic mass is 9.68. The molecule has 0 saturated heterocycles. The van der Waals surface area contributed by atoms with E-state index in [1.807, 2.05) is 48.8 Å². The predicted molar refractivity (Wildman–Crippen MR) is 94.7 cm³/mol. The van der Waals surface area contributed by atoms with Gasteiger partial charge in [-0.2, -0.15) is 0 Å². The van der Waals surface area contributed by atoms with Gasteiger partial charge in [0.25, 0.3) is 0 Å². The van der Waals surface area contributed by atoms with Crippen molar-refractivity contribution in [1.29, 1.82) is 0 Å². The molecule has 2 aromatic heterocycles. The van der Waals surface area contributed by atoms with Gasteiger partial charge in [0.05, 0.1) is 0 Å². The summed E-state index contributed by atoms with van der Waals surface area (Å²) in [5, 5.41) is 0. The van der Waals surface area contributed by atoms with Gasteiger partial charge in [-0.25, -0.2) is 0 Å². The summed E-state index contributed by atoms with van der Waals surface area (Å²) in [6.45, 7) is 6.77. The van der Waals surface area contributed by atoms with Gasteiger partial charge in [0, 0.05) is 34.9 Å². The van der Waals surface area contributed by atoms with Crippen LogP contribution in [0.2, 0.25) is 0 Å². The average molecular weight is 308 g/mol. The molecule has 1 aliphatic carbocycles. The van der Waals surface area contributed by atoms with Crippen LogP contribution >= 0.6 is 0 Å². The van der Waals surface area contributed by atoms with Crippen LogP contribution < -0.4 is 0 Å². The Hall–Kier alpha value is -2.29. The van der Waals surface area contributed by atoms with E-state index < -0.39 is 0 Å². The second kappa shape index (κ2) is 6.07. The van der Waals surface area contributed by atoms with Crippen molar-refractivity contribution in [1.82, 2.24) is 9.97 Å². The molecule has 2 aromatic rings. The molecule has 2 N–H and O–H groups in total. The van der Waals surface area contributed by atoms with Crippen molar-refractivity contribution in [3.05, 3.63) is 59.2 Å². The number of carbonyl (C=O) groups excluding carboxylic acids is 1. The highest BCUT2D eigenvalue weighted by Gasteiger charge is 2.34. The molecule has 0 bridgehead atoms. The second-order valence-corrected chi connectivity index (χ2v) is 7.39. The highest BCUT2D eigenvalue weighted by molar-refractivity contribution is 6.13. The third-order valence-corrected chi connectivity index (χ3v) is 4.64. The molecule has 3 heteroatoms. The van der Waals surface area contributed by atoms with E-state index in [9.17, 15) is 4.79 Å². The summed E-state index contributed by atoms with van der Waals surface area (Å²) in [7, 11) is 0. The van der Waals surface area contributed by atoms with E-state index in [1.165, 1.54) is 0 Å². The molecule has 1 fully saturated rings. The average Bonchev–Trinajstić information content (AvgIpc) is 3.15. The topological polar surface area (TPSA) is 48.6 Å². The van der Waals surface area contributed by atoms with Gasteiger partial charge in [0.1, 0.15) is 0 Å². The van der Waals surface area contributed by atoms with E-state index >= 15 is 0 Å². The zero-order valence-electron chi connectivity index (χ0n) is 14.0. The predicted octanol–water partition coefficient (Wildman–Crippen LogP) is 4.84. The van der Waals surface area contributed by atoms with Crippen LogP contribution in [0.25, 0.3) is 12.2 Å². The van der Waals surface area contributed by atoms with E-state index in [-0.39, 0.29) is 11.2 Å². The van der Waals surface area contributed by atoms with Crippen LogP contribution in [0.4, 0.5) is 0 Å². The van der Waals surface area contributed by atoms with Gasteiger partial charge in [-0.1, -0.05) is 20.8 Å². The molecule has 3 rings (SSSR count). The lowest BCUT2D eigenvalue weighted by molar-refractivity contribution is -0.113. The first-order chi connectivity index (χ1) is 10.9. The fourth-order valence-electron chi connectivity index (χ4n) is 3.10. The molecule has 0 radical (unpaired) electrons. The van der Waals surface area contributed by atoms with Crippen LogP contribution in [0.5, 0.6) is 0 Å². The maximum Gasteiger partial charge on any atom is 0.185 e. The van der Waals surface area contributed by atoms with Crippen LogP contribution in [0, 0.1) is 11.3 Å². The fraction of sp³-hybridized carbons (Fsp3) is 0.350. The first kappa shape index (κ1) is 15.6. The number of hydrogen-bond acceptors (Lipinski definition) is 1. The third kappa shape index (κ3) is 3.55. The van der Waals surface area contributed by atoms with Crippen LogP contribution in [0.3, 0.4) is 0 Å². The number of aromatic nitrogens is 2. The Morgan fingerprint density at radius 2 is 1.43 bits per heavy atom. The van der Waals surface area contributed by atoms with Gasteiger partial charge in [-0.15, -0.1) is 0 Å². The van der Waals surface area contributed by atoms with Crippen molar-refractivity contribution in [2.45, 2.75) is 33.6 Å². The molecule has 1 atom stereocenters. The number of hydrogen-bond donors (Lipinski definition) is 2. The smallest absolute Gasteiger partial charge is 0.185 e. The molecule has 0 aliphatic heterocycles. The molecule has 2 heterocycles. The number of ketones is 1. The lowest BCUT2D eigenvalue weighted by Crippen LogP contribution is -2.29. The Balaban J connectivity index is 1.98. The molecule has 23 heavy (non-hydrogen) atoms. The van der Waals surface area contributed by atoms with Crippen molar-refractivity contribution >= 4 is 17.9 Å². The van der Waals surface area contributed by atoms with Gasteiger partial charge >= 0.3 is 0 Å². The quantitative estimate of drug-likeness (QED) is 0.767. The Morgan fingerprint density at radius 1 is 0.957 bits per heavy atom. The van der Waals surface area contributed by atoms with Gasteiger partial charge in [0.15, 0.2) is 5.78 Å². The molecule has 1 aliphatic rings. The minimum absolute atomic E-state index is 0.171. The summed E-state index contributed by atoms with van der Waals surface area (Å²) < 4.78 is 0. The first-order valence-electron chi connectivity index (χ1n) is 8.16. The summed E-state index contributed by atoms with van der Waals surface area (Å²) in [4.78, 5) is 19.2. The Morgan fingerprint density at radius 3 is 1.78 bits per heavy atom.